The van der Waals surface area contributed by atoms with Gasteiger partial charge in [0.05, 0.1) is 5.52 Å². The zero-order valence-corrected chi connectivity index (χ0v) is 37.1. The summed E-state index contributed by atoms with van der Waals surface area (Å²) < 4.78 is 26.0. The smallest absolute Gasteiger partial charge is 0.0601 e. The van der Waals surface area contributed by atoms with E-state index in [1.165, 1.54) is 35.0 Å². The molecule has 0 N–H and O–H groups in total. The Bertz CT molecular complexity index is 2840. The molecule has 0 aliphatic carbocycles. The summed E-state index contributed by atoms with van der Waals surface area (Å²) in [5.74, 6) is -0.571. The van der Waals surface area contributed by atoms with Gasteiger partial charge in [-0.3, -0.25) is 13.8 Å². The summed E-state index contributed by atoms with van der Waals surface area (Å²) in [5.41, 5.74) is 6.26. The van der Waals surface area contributed by atoms with Gasteiger partial charge in [0, 0.05) is 89.7 Å². The van der Waals surface area contributed by atoms with Crippen molar-refractivity contribution >= 4 is 43.2 Å². The van der Waals surface area contributed by atoms with Crippen molar-refractivity contribution < 1.29 is 69.1 Å². The maximum atomic E-state index is 13.1. The molecular weight excluding hydrogens is 1250 g/mol. The molecule has 0 fully saturated rings. The molecule has 10 rings (SSSR count). The van der Waals surface area contributed by atoms with Crippen LogP contribution in [0.5, 0.6) is 0 Å². The largest absolute Gasteiger partial charge is 0.304 e. The molecule has 0 spiro atoms. The molecule has 3 heterocycles. The number of nitrogens with zero attached hydrogens (tertiary/aromatic N) is 3. The maximum absolute atomic E-state index is 13.1. The van der Waals surface area contributed by atoms with Crippen LogP contribution in [0.2, 0.25) is 0 Å². The minimum Gasteiger partial charge on any atom is -0.304 e. The van der Waals surface area contributed by atoms with E-state index in [1.807, 2.05) is 115 Å². The molecule has 0 aliphatic rings. The van der Waals surface area contributed by atoms with Crippen molar-refractivity contribution in [1.29, 1.82) is 0 Å². The van der Waals surface area contributed by atoms with E-state index in [0.29, 0.717) is 0 Å². The Morgan fingerprint density at radius 2 is 0.825 bits per heavy atom. The van der Waals surface area contributed by atoms with Gasteiger partial charge >= 0.3 is 0 Å². The first-order valence-electron chi connectivity index (χ1n) is 17.4. The van der Waals surface area contributed by atoms with E-state index in [4.69, 9.17) is 4.98 Å². The molecule has 3 aromatic heterocycles. The molecule has 0 saturated carbocycles. The summed E-state index contributed by atoms with van der Waals surface area (Å²) in [5, 5.41) is 7.89. The van der Waals surface area contributed by atoms with Gasteiger partial charge in [0.1, 0.15) is 0 Å². The summed E-state index contributed by atoms with van der Waals surface area (Å²) in [4.78, 5) is 13.5. The van der Waals surface area contributed by atoms with Crippen LogP contribution in [0.25, 0.3) is 77.0 Å². The van der Waals surface area contributed by atoms with Crippen molar-refractivity contribution in [2.24, 2.45) is 0 Å². The number of hydrogen-bond donors (Lipinski definition) is 0. The van der Waals surface area contributed by atoms with Crippen molar-refractivity contribution in [3.63, 3.8) is 0 Å². The van der Waals surface area contributed by atoms with Crippen LogP contribution < -0.4 is 0 Å². The maximum Gasteiger partial charge on any atom is 0.0601 e. The number of para-hydroxylation sites is 1. The van der Waals surface area contributed by atoms with Crippen LogP contribution in [0.3, 0.4) is 0 Å². The summed E-state index contributed by atoms with van der Waals surface area (Å²) in [6.45, 7) is 0. The van der Waals surface area contributed by atoms with Crippen LogP contribution in [-0.4, -0.2) is 15.0 Å². The Hall–Kier alpha value is -5.16. The van der Waals surface area contributed by atoms with Crippen LogP contribution >= 0.6 is 0 Å². The quantitative estimate of drug-likeness (QED) is 0.131. The molecule has 0 unspecified atom stereocenters. The Morgan fingerprint density at radius 1 is 0.368 bits per heavy atom. The molecule has 0 atom stereocenters. The molecule has 3 radical (unpaired) electrons. The molecule has 10 aromatic rings. The topological polar surface area (TPSA) is 38.7 Å². The van der Waals surface area contributed by atoms with Crippen LogP contribution in [-0.2, 0) is 60.3 Å². The number of pyridine rings is 3. The van der Waals surface area contributed by atoms with E-state index in [-0.39, 0.29) is 72.0 Å². The summed E-state index contributed by atoms with van der Waals surface area (Å²) in [7, 11) is 0. The molecule has 8 heteroatoms. The fourth-order valence-electron chi connectivity index (χ4n) is 6.42. The predicted molar refractivity (Wildman–Crippen MR) is 215 cm³/mol. The second kappa shape index (κ2) is 20.3. The van der Waals surface area contributed by atoms with Gasteiger partial charge in [-0.05, 0) is 67.6 Å². The monoisotopic (exact) mass is 1280 g/mol. The molecule has 3 nitrogen and oxygen atoms in total. The van der Waals surface area contributed by atoms with E-state index >= 15 is 0 Å². The van der Waals surface area contributed by atoms with Gasteiger partial charge in [0.2, 0.25) is 0 Å². The Kier molecular flexibility index (Phi) is 15.3. The minimum atomic E-state index is -0.288. The van der Waals surface area contributed by atoms with E-state index in [0.717, 1.165) is 66.2 Å². The van der Waals surface area contributed by atoms with Crippen LogP contribution in [0, 0.1) is 29.8 Å². The first-order valence-corrected chi connectivity index (χ1v) is 17.4. The van der Waals surface area contributed by atoms with Gasteiger partial charge in [-0.1, -0.05) is 91.0 Å². The number of aromatic nitrogens is 3. The van der Waals surface area contributed by atoms with Crippen molar-refractivity contribution in [2.75, 3.05) is 0 Å². The summed E-state index contributed by atoms with van der Waals surface area (Å²) in [6, 6.07) is 62.5. The molecule has 0 amide bonds. The second-order valence-electron chi connectivity index (χ2n) is 12.4. The Labute approximate surface area is 370 Å². The first-order chi connectivity index (χ1) is 26.6. The fourth-order valence-corrected chi connectivity index (χ4v) is 6.42. The van der Waals surface area contributed by atoms with E-state index in [9.17, 15) is 8.78 Å². The van der Waals surface area contributed by atoms with Gasteiger partial charge in [-0.25, -0.2) is 0 Å². The third kappa shape index (κ3) is 9.87. The van der Waals surface area contributed by atoms with Crippen LogP contribution in [0.15, 0.2) is 182 Å². The number of rotatable bonds is 3. The zero-order valence-electron chi connectivity index (χ0n) is 29.9. The Morgan fingerprint density at radius 3 is 1.35 bits per heavy atom. The fraction of sp³-hybridized carbons (Fsp3) is 0. The molecule has 0 aliphatic heterocycles. The van der Waals surface area contributed by atoms with Crippen molar-refractivity contribution in [3.05, 3.63) is 212 Å². The third-order valence-electron chi connectivity index (χ3n) is 8.98. The normalized spacial score (nSPS) is 10.2. The second-order valence-corrected chi connectivity index (χ2v) is 12.4. The molecule has 0 bridgehead atoms. The van der Waals surface area contributed by atoms with Crippen molar-refractivity contribution in [1.82, 2.24) is 15.0 Å². The molecule has 7 aromatic carbocycles. The number of halogens is 2. The number of fused-ring (bicyclic) bond motifs is 5. The standard InChI is InChI=1S/C19H11FN.C15H9FN.C15H10N.3Ir/c20-14-11-9-13(10-12-14)19-17-7-2-1-5-15(17)16-6-3-4-8-18(16)21-19;16-13-7-5-12(6-8-13)15-14-4-2-1-3-11(14)9-10-17-15;1-2-7-13(8-3-1)15-14-9-5-4-6-12(14)10-11-16-15;;;/h1-9,11-12H;1-5,7-10H;1-7,9-11H;;;/q3*-1;;;. The van der Waals surface area contributed by atoms with Gasteiger partial charge in [0.25, 0.3) is 0 Å². The molecule has 57 heavy (non-hydrogen) atoms. The molecule has 285 valence electrons. The number of benzene rings is 7. The SMILES string of the molecule is Fc1c[c-]c(-c2nc3ccccc3c3ccccc23)cc1.Fc1c[c-]c(-c2nccc3ccccc23)cc1.[Ir].[Ir].[Ir].[c-]1ccccc1-c1nccc2ccccc12. The average Bonchev–Trinajstić information content (AvgIpc) is 3.24. The van der Waals surface area contributed by atoms with Crippen LogP contribution in [0.1, 0.15) is 0 Å². The molecule has 0 saturated heterocycles. The van der Waals surface area contributed by atoms with E-state index in [2.05, 4.69) is 52.4 Å². The third-order valence-corrected chi connectivity index (χ3v) is 8.98. The van der Waals surface area contributed by atoms with Crippen molar-refractivity contribution in [2.45, 2.75) is 0 Å². The average molecular weight is 1280 g/mol. The van der Waals surface area contributed by atoms with E-state index in [1.54, 1.807) is 18.3 Å². The first kappa shape index (κ1) is 43.0. The van der Waals surface area contributed by atoms with Gasteiger partial charge in [-0.15, -0.1) is 95.6 Å². The van der Waals surface area contributed by atoms with Crippen molar-refractivity contribution in [3.8, 4) is 33.8 Å². The van der Waals surface area contributed by atoms with Gasteiger partial charge in [-0.2, -0.15) is 0 Å². The molecular formula is C49H30F2Ir3N3-3. The minimum absolute atomic E-state index is 0. The zero-order chi connectivity index (χ0) is 36.7. The van der Waals surface area contributed by atoms with Crippen LogP contribution in [0.4, 0.5) is 8.78 Å². The summed E-state index contributed by atoms with van der Waals surface area (Å²) in [6.07, 6.45) is 3.60. The Balaban J connectivity index is 0.000000161. The van der Waals surface area contributed by atoms with E-state index < -0.39 is 0 Å². The predicted octanol–water partition coefficient (Wildman–Crippen LogP) is 12.5. The van der Waals surface area contributed by atoms with Gasteiger partial charge in [0.15, 0.2) is 0 Å². The summed E-state index contributed by atoms with van der Waals surface area (Å²) >= 11 is 0. The van der Waals surface area contributed by atoms with Gasteiger partial charge < -0.3 is 9.97 Å². The number of hydrogen-bond acceptors (Lipinski definition) is 3.